The van der Waals surface area contributed by atoms with Crippen molar-refractivity contribution in [3.05, 3.63) is 39.8 Å². The maximum Gasteiger partial charge on any atom is 0.294 e. The molecule has 2 fully saturated rings. The molecule has 2 amide bonds. The summed E-state index contributed by atoms with van der Waals surface area (Å²) in [7, 11) is 0. The number of likely N-dealkylation sites (tertiary alicyclic amines) is 1. The van der Waals surface area contributed by atoms with Crippen molar-refractivity contribution in [2.24, 2.45) is 0 Å². The minimum atomic E-state index is -0.208. The molecule has 0 atom stereocenters. The Kier molecular flexibility index (Phi) is 4.86. The number of carbonyl (C=O) groups excluding carboxylic acids is 2. The minimum absolute atomic E-state index is 0.191. The van der Waals surface area contributed by atoms with Crippen molar-refractivity contribution < 1.29 is 9.59 Å². The zero-order chi connectivity index (χ0) is 15.5. The van der Waals surface area contributed by atoms with Crippen LogP contribution in [0.1, 0.15) is 24.8 Å². The lowest BCUT2D eigenvalue weighted by Crippen LogP contribution is -2.42. The second-order valence-electron chi connectivity index (χ2n) is 5.48. The van der Waals surface area contributed by atoms with Crippen LogP contribution in [0.25, 0.3) is 6.08 Å². The molecule has 0 saturated carbocycles. The smallest absolute Gasteiger partial charge is 0.286 e. The first-order chi connectivity index (χ1) is 10.6. The van der Waals surface area contributed by atoms with Crippen LogP contribution in [0.15, 0.2) is 29.2 Å². The number of hydrogen-bond acceptors (Lipinski definition) is 4. The molecule has 0 spiro atoms. The summed E-state index contributed by atoms with van der Waals surface area (Å²) in [6, 6.07) is 7.25. The van der Waals surface area contributed by atoms with Gasteiger partial charge in [0.15, 0.2) is 0 Å². The van der Waals surface area contributed by atoms with E-state index in [2.05, 4.69) is 4.90 Å². The van der Waals surface area contributed by atoms with Gasteiger partial charge in [0.2, 0.25) is 0 Å². The Morgan fingerprint density at radius 1 is 1.18 bits per heavy atom. The first-order valence-electron chi connectivity index (χ1n) is 7.37. The molecule has 0 N–H and O–H groups in total. The third kappa shape index (κ3) is 3.54. The summed E-state index contributed by atoms with van der Waals surface area (Å²) in [5.41, 5.74) is 0.830. The highest BCUT2D eigenvalue weighted by Gasteiger charge is 2.36. The quantitative estimate of drug-likeness (QED) is 0.787. The topological polar surface area (TPSA) is 40.6 Å². The van der Waals surface area contributed by atoms with Gasteiger partial charge in [-0.05, 0) is 61.5 Å². The molecule has 6 heteroatoms. The van der Waals surface area contributed by atoms with Crippen LogP contribution >= 0.6 is 23.4 Å². The maximum atomic E-state index is 12.4. The monoisotopic (exact) mass is 336 g/mol. The van der Waals surface area contributed by atoms with E-state index < -0.39 is 0 Å². The summed E-state index contributed by atoms with van der Waals surface area (Å²) in [6.07, 6.45) is 5.23. The van der Waals surface area contributed by atoms with E-state index in [1.54, 1.807) is 18.2 Å². The van der Waals surface area contributed by atoms with Gasteiger partial charge in [-0.15, -0.1) is 0 Å². The number of thioether (sulfide) groups is 1. The lowest BCUT2D eigenvalue weighted by atomic mass is 10.1. The fourth-order valence-corrected chi connectivity index (χ4v) is 3.70. The fourth-order valence-electron chi connectivity index (χ4n) is 2.67. The Labute approximate surface area is 139 Å². The number of amides is 2. The minimum Gasteiger partial charge on any atom is -0.286 e. The van der Waals surface area contributed by atoms with E-state index in [1.807, 2.05) is 12.1 Å². The van der Waals surface area contributed by atoms with Gasteiger partial charge in [0.25, 0.3) is 11.1 Å². The molecular weight excluding hydrogens is 320 g/mol. The standard InChI is InChI=1S/C16H17ClN2O2S/c17-13-6-4-5-12(9-13)10-14-15(20)19(16(21)22-14)11-18-7-2-1-3-8-18/h4-6,9-10H,1-3,7-8,11H2. The number of hydrogen-bond donors (Lipinski definition) is 0. The van der Waals surface area contributed by atoms with Gasteiger partial charge in [-0.2, -0.15) is 0 Å². The largest absolute Gasteiger partial charge is 0.294 e. The van der Waals surface area contributed by atoms with Gasteiger partial charge < -0.3 is 0 Å². The van der Waals surface area contributed by atoms with Crippen molar-refractivity contribution in [1.82, 2.24) is 9.80 Å². The molecule has 2 saturated heterocycles. The normalized spacial score (nSPS) is 21.9. The Balaban J connectivity index is 1.73. The van der Waals surface area contributed by atoms with Gasteiger partial charge in [0.05, 0.1) is 11.6 Å². The highest BCUT2D eigenvalue weighted by molar-refractivity contribution is 8.18. The molecule has 1 aromatic carbocycles. The number of benzene rings is 1. The molecule has 22 heavy (non-hydrogen) atoms. The van der Waals surface area contributed by atoms with Crippen LogP contribution in [0.4, 0.5) is 4.79 Å². The number of imide groups is 1. The Morgan fingerprint density at radius 3 is 2.68 bits per heavy atom. The van der Waals surface area contributed by atoms with E-state index in [0.717, 1.165) is 43.3 Å². The SMILES string of the molecule is O=C1SC(=Cc2cccc(Cl)c2)C(=O)N1CN1CCCCC1. The Bertz CT molecular complexity index is 626. The van der Waals surface area contributed by atoms with Gasteiger partial charge in [0, 0.05) is 5.02 Å². The zero-order valence-corrected chi connectivity index (χ0v) is 13.7. The number of nitrogens with zero attached hydrogens (tertiary/aromatic N) is 2. The van der Waals surface area contributed by atoms with Crippen LogP contribution in [-0.2, 0) is 4.79 Å². The third-order valence-electron chi connectivity index (χ3n) is 3.81. The molecule has 116 valence electrons. The molecule has 2 heterocycles. The van der Waals surface area contributed by atoms with Crippen LogP contribution in [0.2, 0.25) is 5.02 Å². The molecule has 0 bridgehead atoms. The van der Waals surface area contributed by atoms with E-state index >= 15 is 0 Å². The summed E-state index contributed by atoms with van der Waals surface area (Å²) in [6.45, 7) is 2.31. The molecule has 4 nitrogen and oxygen atoms in total. The maximum absolute atomic E-state index is 12.4. The number of piperidine rings is 1. The predicted octanol–water partition coefficient (Wildman–Crippen LogP) is 3.82. The summed E-state index contributed by atoms with van der Waals surface area (Å²) >= 11 is 6.95. The molecule has 2 aliphatic rings. The van der Waals surface area contributed by atoms with Gasteiger partial charge in [-0.25, -0.2) is 0 Å². The van der Waals surface area contributed by atoms with Gasteiger partial charge in [-0.1, -0.05) is 30.2 Å². The lowest BCUT2D eigenvalue weighted by Gasteiger charge is -2.29. The van der Waals surface area contributed by atoms with Crippen LogP contribution in [0.5, 0.6) is 0 Å². The van der Waals surface area contributed by atoms with Crippen LogP contribution in [0, 0.1) is 0 Å². The molecule has 0 radical (unpaired) electrons. The summed E-state index contributed by atoms with van der Waals surface area (Å²) in [4.78, 5) is 28.5. The van der Waals surface area contributed by atoms with E-state index in [-0.39, 0.29) is 11.1 Å². The van der Waals surface area contributed by atoms with E-state index in [4.69, 9.17) is 11.6 Å². The van der Waals surface area contributed by atoms with Crippen molar-refractivity contribution in [2.45, 2.75) is 19.3 Å². The molecule has 1 aromatic rings. The van der Waals surface area contributed by atoms with Gasteiger partial charge in [-0.3, -0.25) is 19.4 Å². The second-order valence-corrected chi connectivity index (χ2v) is 6.91. The molecule has 0 unspecified atom stereocenters. The molecule has 3 rings (SSSR count). The van der Waals surface area contributed by atoms with Crippen LogP contribution in [0.3, 0.4) is 0 Å². The van der Waals surface area contributed by atoms with Crippen LogP contribution < -0.4 is 0 Å². The molecule has 0 aromatic heterocycles. The van der Waals surface area contributed by atoms with Crippen LogP contribution in [-0.4, -0.2) is 40.7 Å². The number of halogens is 1. The highest BCUT2D eigenvalue weighted by atomic mass is 35.5. The molecular formula is C16H17ClN2O2S. The Hall–Kier alpha value is -1.30. The molecule has 0 aliphatic carbocycles. The lowest BCUT2D eigenvalue weighted by molar-refractivity contribution is -0.124. The summed E-state index contributed by atoms with van der Waals surface area (Å²) in [5, 5.41) is 0.421. The van der Waals surface area contributed by atoms with Crippen molar-refractivity contribution in [3.63, 3.8) is 0 Å². The predicted molar refractivity (Wildman–Crippen MR) is 89.6 cm³/mol. The van der Waals surface area contributed by atoms with Crippen molar-refractivity contribution in [1.29, 1.82) is 0 Å². The summed E-state index contributed by atoms with van der Waals surface area (Å²) in [5.74, 6) is -0.208. The van der Waals surface area contributed by atoms with E-state index in [0.29, 0.717) is 16.6 Å². The van der Waals surface area contributed by atoms with Gasteiger partial charge in [0.1, 0.15) is 0 Å². The second kappa shape index (κ2) is 6.86. The fraction of sp³-hybridized carbons (Fsp3) is 0.375. The average Bonchev–Trinajstić information content (AvgIpc) is 2.76. The van der Waals surface area contributed by atoms with Crippen molar-refractivity contribution >= 4 is 40.6 Å². The third-order valence-corrected chi connectivity index (χ3v) is 4.95. The zero-order valence-electron chi connectivity index (χ0n) is 12.1. The van der Waals surface area contributed by atoms with E-state index in [1.165, 1.54) is 11.3 Å². The van der Waals surface area contributed by atoms with E-state index in [9.17, 15) is 9.59 Å². The molecule has 2 aliphatic heterocycles. The number of carbonyl (C=O) groups is 2. The van der Waals surface area contributed by atoms with Crippen molar-refractivity contribution in [2.75, 3.05) is 19.8 Å². The summed E-state index contributed by atoms with van der Waals surface area (Å²) < 4.78 is 0. The first kappa shape index (κ1) is 15.6. The van der Waals surface area contributed by atoms with Gasteiger partial charge >= 0.3 is 0 Å². The Morgan fingerprint density at radius 2 is 1.95 bits per heavy atom. The number of rotatable bonds is 3. The highest BCUT2D eigenvalue weighted by Crippen LogP contribution is 2.32. The average molecular weight is 337 g/mol. The van der Waals surface area contributed by atoms with Crippen molar-refractivity contribution in [3.8, 4) is 0 Å². The first-order valence-corrected chi connectivity index (χ1v) is 8.56.